The molecule has 0 aromatic carbocycles. The van der Waals surface area contributed by atoms with E-state index in [1.165, 1.54) is 11.4 Å². The molecule has 0 rings (SSSR count). The standard InChI is InChI=1S/C7H17O2PS2.Na/c1-3-5-7-12-10(8,11)9-6-4-2;/h3-7H2,1-2H3,(H,8,11);/q;+1/p-1. The first-order valence-electron chi connectivity index (χ1n) is 4.22. The van der Waals surface area contributed by atoms with E-state index in [0.29, 0.717) is 6.61 Å². The maximum Gasteiger partial charge on any atom is 1.00 e. The Morgan fingerprint density at radius 3 is 2.46 bits per heavy atom. The summed E-state index contributed by atoms with van der Waals surface area (Å²) in [5.41, 5.74) is -2.74. The zero-order chi connectivity index (χ0) is 9.45. The van der Waals surface area contributed by atoms with Crippen molar-refractivity contribution in [2.75, 3.05) is 12.4 Å². The van der Waals surface area contributed by atoms with Crippen LogP contribution in [-0.4, -0.2) is 12.4 Å². The van der Waals surface area contributed by atoms with Crippen LogP contribution in [0.1, 0.15) is 33.1 Å². The van der Waals surface area contributed by atoms with Crippen molar-refractivity contribution < 1.29 is 39.0 Å². The minimum Gasteiger partial charge on any atom is -0.793 e. The quantitative estimate of drug-likeness (QED) is 0.347. The van der Waals surface area contributed by atoms with E-state index < -0.39 is 5.69 Å². The molecule has 0 aromatic rings. The molecule has 0 N–H and O–H groups in total. The molecule has 2 nitrogen and oxygen atoms in total. The van der Waals surface area contributed by atoms with Crippen LogP contribution in [-0.2, 0) is 16.3 Å². The molecule has 1 atom stereocenters. The van der Waals surface area contributed by atoms with E-state index >= 15 is 0 Å². The van der Waals surface area contributed by atoms with Gasteiger partial charge in [-0.25, -0.2) is 0 Å². The summed E-state index contributed by atoms with van der Waals surface area (Å²) in [4.78, 5) is 11.4. The summed E-state index contributed by atoms with van der Waals surface area (Å²) >= 11 is 6.11. The first kappa shape index (κ1) is 17.3. The van der Waals surface area contributed by atoms with E-state index in [0.717, 1.165) is 25.0 Å². The van der Waals surface area contributed by atoms with Gasteiger partial charge < -0.3 is 9.42 Å². The Bertz CT molecular complexity index is 157. The molecule has 1 unspecified atom stereocenters. The third-order valence-corrected chi connectivity index (χ3v) is 5.56. The fraction of sp³-hybridized carbons (Fsp3) is 1.00. The van der Waals surface area contributed by atoms with Crippen LogP contribution >= 0.6 is 17.1 Å². The molecule has 0 fully saturated rings. The van der Waals surface area contributed by atoms with E-state index in [9.17, 15) is 4.89 Å². The van der Waals surface area contributed by atoms with Crippen molar-refractivity contribution in [1.29, 1.82) is 0 Å². The average molecular weight is 250 g/mol. The third kappa shape index (κ3) is 11.8. The Kier molecular flexibility index (Phi) is 13.9. The SMILES string of the molecule is CCCCSP([O-])(=S)OCCC.[Na+]. The van der Waals surface area contributed by atoms with Gasteiger partial charge >= 0.3 is 29.6 Å². The Labute approximate surface area is 112 Å². The van der Waals surface area contributed by atoms with Gasteiger partial charge in [0, 0.05) is 5.69 Å². The van der Waals surface area contributed by atoms with Crippen LogP contribution in [0.5, 0.6) is 0 Å². The molecule has 0 spiro atoms. The summed E-state index contributed by atoms with van der Waals surface area (Å²) in [7, 11) is 0. The summed E-state index contributed by atoms with van der Waals surface area (Å²) in [6.07, 6.45) is 3.03. The van der Waals surface area contributed by atoms with Gasteiger partial charge in [-0.2, -0.15) is 0 Å². The monoisotopic (exact) mass is 250 g/mol. The summed E-state index contributed by atoms with van der Waals surface area (Å²) in [5, 5.41) is 0. The van der Waals surface area contributed by atoms with Gasteiger partial charge in [0.1, 0.15) is 0 Å². The van der Waals surface area contributed by atoms with Crippen molar-refractivity contribution in [2.45, 2.75) is 33.1 Å². The molecule has 0 aliphatic rings. The van der Waals surface area contributed by atoms with Gasteiger partial charge in [-0.1, -0.05) is 32.1 Å². The fourth-order valence-electron chi connectivity index (χ4n) is 0.561. The molecule has 6 heteroatoms. The largest absolute Gasteiger partial charge is 1.00 e. The molecule has 0 saturated carbocycles. The van der Waals surface area contributed by atoms with Crippen LogP contribution in [0, 0.1) is 0 Å². The zero-order valence-corrected chi connectivity index (χ0v) is 13.1. The minimum atomic E-state index is -2.74. The molecule has 74 valence electrons. The average Bonchev–Trinajstić information content (AvgIpc) is 2.01. The van der Waals surface area contributed by atoms with Gasteiger partial charge in [-0.3, -0.25) is 0 Å². The number of hydrogen-bond acceptors (Lipinski definition) is 4. The molecule has 0 heterocycles. The van der Waals surface area contributed by atoms with Crippen molar-refractivity contribution in [2.24, 2.45) is 0 Å². The molecule has 0 saturated heterocycles. The smallest absolute Gasteiger partial charge is 0.793 e. The summed E-state index contributed by atoms with van der Waals surface area (Å²) in [5.74, 6) is 0.848. The van der Waals surface area contributed by atoms with Gasteiger partial charge in [-0.15, -0.1) is 11.4 Å². The molecule has 0 aliphatic carbocycles. The molecule has 0 aliphatic heterocycles. The molecular weight excluding hydrogens is 234 g/mol. The molecule has 0 aromatic heterocycles. The normalized spacial score (nSPS) is 14.7. The van der Waals surface area contributed by atoms with Crippen molar-refractivity contribution >= 4 is 28.9 Å². The zero-order valence-electron chi connectivity index (χ0n) is 8.62. The Hall–Kier alpha value is 1.92. The van der Waals surface area contributed by atoms with E-state index in [1.807, 2.05) is 6.92 Å². The van der Waals surface area contributed by atoms with Gasteiger partial charge in [0.25, 0.3) is 0 Å². The van der Waals surface area contributed by atoms with Crippen molar-refractivity contribution in [3.05, 3.63) is 0 Å². The molecule has 0 radical (unpaired) electrons. The second-order valence-corrected chi connectivity index (χ2v) is 8.64. The Balaban J connectivity index is 0. The topological polar surface area (TPSA) is 32.3 Å². The minimum absolute atomic E-state index is 0. The number of unbranched alkanes of at least 4 members (excludes halogenated alkanes) is 1. The first-order chi connectivity index (χ1) is 5.62. The number of rotatable bonds is 7. The molecule has 0 amide bonds. The van der Waals surface area contributed by atoms with E-state index in [2.05, 4.69) is 6.92 Å². The van der Waals surface area contributed by atoms with Crippen LogP contribution in [0.3, 0.4) is 0 Å². The van der Waals surface area contributed by atoms with Crippen LogP contribution in [0.4, 0.5) is 0 Å². The van der Waals surface area contributed by atoms with Gasteiger partial charge in [0.05, 0.1) is 6.61 Å². The summed E-state index contributed by atoms with van der Waals surface area (Å²) in [6, 6.07) is 0. The molecule has 13 heavy (non-hydrogen) atoms. The second-order valence-electron chi connectivity index (χ2n) is 2.47. The second kappa shape index (κ2) is 10.4. The Morgan fingerprint density at radius 1 is 1.38 bits per heavy atom. The predicted molar refractivity (Wildman–Crippen MR) is 57.9 cm³/mol. The summed E-state index contributed by atoms with van der Waals surface area (Å²) in [6.45, 7) is 4.59. The van der Waals surface area contributed by atoms with E-state index in [1.54, 1.807) is 0 Å². The van der Waals surface area contributed by atoms with Gasteiger partial charge in [0.2, 0.25) is 0 Å². The third-order valence-electron chi connectivity index (χ3n) is 1.20. The van der Waals surface area contributed by atoms with Gasteiger partial charge in [0.15, 0.2) is 0 Å². The van der Waals surface area contributed by atoms with Crippen LogP contribution in [0.2, 0.25) is 0 Å². The number of hydrogen-bond donors (Lipinski definition) is 0. The van der Waals surface area contributed by atoms with Crippen LogP contribution in [0.15, 0.2) is 0 Å². The predicted octanol–water partition coefficient (Wildman–Crippen LogP) is -0.465. The van der Waals surface area contributed by atoms with Crippen molar-refractivity contribution in [3.63, 3.8) is 0 Å². The molecule has 0 bridgehead atoms. The van der Waals surface area contributed by atoms with Crippen molar-refractivity contribution in [1.82, 2.24) is 0 Å². The van der Waals surface area contributed by atoms with Crippen LogP contribution in [0.25, 0.3) is 0 Å². The first-order valence-corrected chi connectivity index (χ1v) is 8.45. The van der Waals surface area contributed by atoms with Crippen LogP contribution < -0.4 is 34.5 Å². The maximum absolute atomic E-state index is 11.4. The van der Waals surface area contributed by atoms with Gasteiger partial charge in [-0.05, 0) is 18.6 Å². The fourth-order valence-corrected chi connectivity index (χ4v) is 4.08. The maximum atomic E-state index is 11.4. The molecular formula is C7H16NaO2PS2. The Morgan fingerprint density at radius 2 is 2.00 bits per heavy atom. The van der Waals surface area contributed by atoms with E-state index in [-0.39, 0.29) is 29.6 Å². The summed E-state index contributed by atoms with van der Waals surface area (Å²) < 4.78 is 5.06. The van der Waals surface area contributed by atoms with E-state index in [4.69, 9.17) is 16.3 Å². The van der Waals surface area contributed by atoms with Crippen molar-refractivity contribution in [3.8, 4) is 0 Å².